The minimum Gasteiger partial charge on any atom is -0.456 e. The van der Waals surface area contributed by atoms with Crippen molar-refractivity contribution in [2.45, 2.75) is 10.8 Å². The second-order valence-electron chi connectivity index (χ2n) is 21.0. The van der Waals surface area contributed by atoms with Gasteiger partial charge in [0.2, 0.25) is 0 Å². The van der Waals surface area contributed by atoms with Crippen LogP contribution in [0.4, 0.5) is 17.1 Å². The number of benzene rings is 12. The Hall–Kier alpha value is -9.96. The van der Waals surface area contributed by atoms with E-state index in [0.29, 0.717) is 0 Å². The van der Waals surface area contributed by atoms with Crippen molar-refractivity contribution in [2.24, 2.45) is 0 Å². The van der Waals surface area contributed by atoms with Crippen LogP contribution in [0.5, 0.6) is 0 Å². The van der Waals surface area contributed by atoms with Gasteiger partial charge in [-0.15, -0.1) is 0 Å². The standard InChI is InChI=1S/C74H46N2O/c1-3-20-49(21-4-1)73(50-22-5-2-6-23-50)62-31-14-9-28-57(62)71-64(73)33-19-36-68(71)75(51-41-38-47(39-42-51)48-40-43-70-58(44-48)56-27-11-18-37-69(56)77-70)52-45-59-55-26-10-16-34-66(55)76-67-35-17-15-32-63(67)74(65(46-52)72(59)76)60-29-12-7-24-53(60)54-25-8-13-30-61(54)74/h1-46H. The fraction of sp³-hybridized carbons (Fsp3) is 0.0270. The second kappa shape index (κ2) is 15.8. The molecule has 3 nitrogen and oxygen atoms in total. The van der Waals surface area contributed by atoms with E-state index in [0.717, 1.165) is 50.1 Å². The largest absolute Gasteiger partial charge is 0.456 e. The van der Waals surface area contributed by atoms with Crippen molar-refractivity contribution in [3.8, 4) is 39.1 Å². The molecule has 0 fully saturated rings. The van der Waals surface area contributed by atoms with Crippen LogP contribution in [0.2, 0.25) is 0 Å². The molecular weight excluding hydrogens is 933 g/mol. The molecule has 1 aliphatic heterocycles. The van der Waals surface area contributed by atoms with Crippen LogP contribution in [0.15, 0.2) is 283 Å². The fourth-order valence-corrected chi connectivity index (χ4v) is 14.5. The molecule has 0 saturated heterocycles. The topological polar surface area (TPSA) is 21.3 Å². The number of fused-ring (bicyclic) bond motifs is 18. The monoisotopic (exact) mass is 978 g/mol. The van der Waals surface area contributed by atoms with Gasteiger partial charge in [-0.05, 0) is 133 Å². The van der Waals surface area contributed by atoms with Crippen molar-refractivity contribution >= 4 is 60.8 Å². The lowest BCUT2D eigenvalue weighted by atomic mass is 9.65. The van der Waals surface area contributed by atoms with Gasteiger partial charge in [-0.3, -0.25) is 0 Å². The van der Waals surface area contributed by atoms with Crippen LogP contribution in [0.25, 0.3) is 82.8 Å². The van der Waals surface area contributed by atoms with Crippen molar-refractivity contribution in [3.63, 3.8) is 0 Å². The maximum Gasteiger partial charge on any atom is 0.135 e. The van der Waals surface area contributed by atoms with Gasteiger partial charge < -0.3 is 13.9 Å². The lowest BCUT2D eigenvalue weighted by Crippen LogP contribution is -2.33. The number of nitrogens with zero attached hydrogens (tertiary/aromatic N) is 2. The third kappa shape index (κ3) is 5.54. The van der Waals surface area contributed by atoms with E-state index in [2.05, 4.69) is 282 Å². The SMILES string of the molecule is c1ccc(C2(c3ccccc3)c3ccccc3-c3c(N(c4ccc(-c5ccc6oc7ccccc7c6c5)cc4)c4cc5c6c(c4)c4ccccc4n6-c4ccccc4C54c5ccccc5-c5ccccc54)cccc32)cc1. The Kier molecular flexibility index (Phi) is 8.69. The summed E-state index contributed by atoms with van der Waals surface area (Å²) < 4.78 is 8.84. The van der Waals surface area contributed by atoms with Crippen LogP contribution >= 0.6 is 0 Å². The zero-order chi connectivity index (χ0) is 50.4. The maximum absolute atomic E-state index is 6.29. The molecule has 0 unspecified atom stereocenters. The highest BCUT2D eigenvalue weighted by Gasteiger charge is 2.52. The van der Waals surface area contributed by atoms with Crippen LogP contribution in [0.1, 0.15) is 44.5 Å². The van der Waals surface area contributed by atoms with Crippen LogP contribution < -0.4 is 4.90 Å². The van der Waals surface area contributed by atoms with E-state index >= 15 is 0 Å². The second-order valence-corrected chi connectivity index (χ2v) is 21.0. The van der Waals surface area contributed by atoms with Crippen molar-refractivity contribution in [2.75, 3.05) is 4.90 Å². The first-order valence-corrected chi connectivity index (χ1v) is 26.7. The van der Waals surface area contributed by atoms with Crippen LogP contribution in [-0.4, -0.2) is 4.57 Å². The minimum absolute atomic E-state index is 0.579. The molecule has 12 aromatic carbocycles. The zero-order valence-electron chi connectivity index (χ0n) is 41.9. The van der Waals surface area contributed by atoms with Crippen LogP contribution in [0.3, 0.4) is 0 Å². The molecule has 2 aliphatic carbocycles. The van der Waals surface area contributed by atoms with Gasteiger partial charge in [0.1, 0.15) is 11.2 Å². The van der Waals surface area contributed by atoms with Gasteiger partial charge in [0.25, 0.3) is 0 Å². The molecule has 3 heteroatoms. The van der Waals surface area contributed by atoms with Gasteiger partial charge in [-0.2, -0.15) is 0 Å². The number of aromatic nitrogens is 1. The maximum atomic E-state index is 6.29. The Bertz CT molecular complexity index is 4670. The summed E-state index contributed by atoms with van der Waals surface area (Å²) in [5.74, 6) is 0. The lowest BCUT2D eigenvalue weighted by Gasteiger charge is -2.40. The average Bonchev–Trinajstić information content (AvgIpc) is 4.26. The lowest BCUT2D eigenvalue weighted by molar-refractivity contribution is 0.669. The number of hydrogen-bond donors (Lipinski definition) is 0. The molecule has 0 bridgehead atoms. The first kappa shape index (κ1) is 42.4. The van der Waals surface area contributed by atoms with E-state index in [1.165, 1.54) is 94.3 Å². The summed E-state index contributed by atoms with van der Waals surface area (Å²) in [6.45, 7) is 0. The molecule has 17 rings (SSSR count). The highest BCUT2D eigenvalue weighted by molar-refractivity contribution is 6.15. The van der Waals surface area contributed by atoms with Crippen molar-refractivity contribution in [1.29, 1.82) is 0 Å². The van der Waals surface area contributed by atoms with E-state index in [1.54, 1.807) is 0 Å². The van der Waals surface area contributed by atoms with Crippen LogP contribution in [0, 0.1) is 0 Å². The van der Waals surface area contributed by atoms with E-state index in [9.17, 15) is 0 Å². The first-order valence-electron chi connectivity index (χ1n) is 26.7. The Balaban J connectivity index is 0.985. The molecular formula is C74H46N2O. The molecule has 0 radical (unpaired) electrons. The molecule has 14 aromatic rings. The summed E-state index contributed by atoms with van der Waals surface area (Å²) in [5.41, 5.74) is 25.1. The molecule has 77 heavy (non-hydrogen) atoms. The quantitative estimate of drug-likeness (QED) is 0.166. The minimum atomic E-state index is -0.616. The first-order chi connectivity index (χ1) is 38.2. The third-order valence-corrected chi connectivity index (χ3v) is 17.5. The number of anilines is 3. The molecule has 358 valence electrons. The van der Waals surface area contributed by atoms with Gasteiger partial charge in [0, 0.05) is 38.5 Å². The normalized spacial score (nSPS) is 13.9. The van der Waals surface area contributed by atoms with Gasteiger partial charge in [-0.25, -0.2) is 0 Å². The molecule has 0 atom stereocenters. The third-order valence-electron chi connectivity index (χ3n) is 17.5. The van der Waals surface area contributed by atoms with Gasteiger partial charge in [-0.1, -0.05) is 218 Å². The zero-order valence-corrected chi connectivity index (χ0v) is 41.9. The Labute approximate surface area is 445 Å². The summed E-state index contributed by atoms with van der Waals surface area (Å²) in [6, 6.07) is 104. The number of para-hydroxylation sites is 3. The van der Waals surface area contributed by atoms with Gasteiger partial charge >= 0.3 is 0 Å². The molecule has 1 spiro atoms. The van der Waals surface area contributed by atoms with E-state index in [4.69, 9.17) is 4.42 Å². The van der Waals surface area contributed by atoms with Gasteiger partial charge in [0.05, 0.1) is 33.2 Å². The van der Waals surface area contributed by atoms with Crippen molar-refractivity contribution < 1.29 is 4.42 Å². The Morgan fingerprint density at radius 2 is 0.883 bits per heavy atom. The van der Waals surface area contributed by atoms with Gasteiger partial charge in [0.15, 0.2) is 0 Å². The Morgan fingerprint density at radius 3 is 1.61 bits per heavy atom. The van der Waals surface area contributed by atoms with Crippen molar-refractivity contribution in [1.82, 2.24) is 4.57 Å². The molecule has 3 aliphatic rings. The molecule has 0 amide bonds. The fourth-order valence-electron chi connectivity index (χ4n) is 14.5. The molecule has 2 aromatic heterocycles. The summed E-state index contributed by atoms with van der Waals surface area (Å²) >= 11 is 0. The summed E-state index contributed by atoms with van der Waals surface area (Å²) in [7, 11) is 0. The summed E-state index contributed by atoms with van der Waals surface area (Å²) in [5, 5.41) is 4.70. The average molecular weight is 979 g/mol. The van der Waals surface area contributed by atoms with E-state index < -0.39 is 10.8 Å². The predicted molar refractivity (Wildman–Crippen MR) is 316 cm³/mol. The van der Waals surface area contributed by atoms with Crippen LogP contribution in [-0.2, 0) is 10.8 Å². The Morgan fingerprint density at radius 1 is 0.325 bits per heavy atom. The van der Waals surface area contributed by atoms with Crippen molar-refractivity contribution in [3.05, 3.63) is 324 Å². The molecule has 0 N–H and O–H groups in total. The number of rotatable bonds is 6. The highest BCUT2D eigenvalue weighted by atomic mass is 16.3. The number of furan rings is 1. The van der Waals surface area contributed by atoms with E-state index in [1.807, 2.05) is 6.07 Å². The highest BCUT2D eigenvalue weighted by Crippen LogP contribution is 2.63. The molecule has 3 heterocycles. The predicted octanol–water partition coefficient (Wildman–Crippen LogP) is 18.9. The summed E-state index contributed by atoms with van der Waals surface area (Å²) in [6.07, 6.45) is 0. The molecule has 0 saturated carbocycles. The van der Waals surface area contributed by atoms with E-state index in [-0.39, 0.29) is 0 Å². The summed E-state index contributed by atoms with van der Waals surface area (Å²) in [4.78, 5) is 2.57. The number of hydrogen-bond acceptors (Lipinski definition) is 2. The smallest absolute Gasteiger partial charge is 0.135 e.